The number of anilines is 2. The zero-order valence-electron chi connectivity index (χ0n) is 34.0. The van der Waals surface area contributed by atoms with Gasteiger partial charge in [0.15, 0.2) is 0 Å². The van der Waals surface area contributed by atoms with Gasteiger partial charge in [0.05, 0.1) is 10.6 Å². The summed E-state index contributed by atoms with van der Waals surface area (Å²) in [6.07, 6.45) is 4.84. The second kappa shape index (κ2) is 20.7. The quantitative estimate of drug-likeness (QED) is 0.143. The number of rotatable bonds is 10. The van der Waals surface area contributed by atoms with Crippen LogP contribution in [-0.4, -0.2) is 74.1 Å². The number of amides is 2. The minimum Gasteiger partial charge on any atom is -0.490 e. The van der Waals surface area contributed by atoms with Crippen LogP contribution in [0.15, 0.2) is 150 Å². The fraction of sp³-hybridized carbons (Fsp3) is 0.240. The number of nitrogens with zero attached hydrogens (tertiary/aromatic N) is 2. The van der Waals surface area contributed by atoms with Crippen LogP contribution in [0.4, 0.5) is 11.4 Å². The van der Waals surface area contributed by atoms with Crippen molar-refractivity contribution in [1.82, 2.24) is 9.80 Å². The number of hydrogen-bond acceptors (Lipinski definition) is 6. The summed E-state index contributed by atoms with van der Waals surface area (Å²) in [6.45, 7) is 4.33. The number of hydrogen-bond donors (Lipinski definition) is 2. The van der Waals surface area contributed by atoms with Gasteiger partial charge in [0.1, 0.15) is 23.7 Å². The van der Waals surface area contributed by atoms with Gasteiger partial charge < -0.3 is 29.9 Å². The molecule has 2 aliphatic heterocycles. The SMILES string of the molecule is CN1CCC(Oc2ccc(-c3cccc(NC(=O)c4ccc(Br)cc4)c3)cc2)CC1.CN1CCC(Oc2ccc(-c3cccc(NC(=O)c4ccccc4Cl)c3)cc2)CC1. The predicted octanol–water partition coefficient (Wildman–Crippen LogP) is 11.6. The van der Waals surface area contributed by atoms with Crippen molar-refractivity contribution in [2.45, 2.75) is 37.9 Å². The lowest BCUT2D eigenvalue weighted by Crippen LogP contribution is -2.35. The summed E-state index contributed by atoms with van der Waals surface area (Å²) in [7, 11) is 4.30. The molecule has 2 heterocycles. The molecule has 0 aromatic heterocycles. The van der Waals surface area contributed by atoms with Crippen LogP contribution in [0.25, 0.3) is 22.3 Å². The molecule has 60 heavy (non-hydrogen) atoms. The smallest absolute Gasteiger partial charge is 0.257 e. The first-order chi connectivity index (χ1) is 29.1. The fourth-order valence-corrected chi connectivity index (χ4v) is 7.73. The zero-order valence-corrected chi connectivity index (χ0v) is 36.3. The lowest BCUT2D eigenvalue weighted by molar-refractivity contribution is 0.101. The zero-order chi connectivity index (χ0) is 41.8. The normalized spacial score (nSPS) is 15.0. The maximum Gasteiger partial charge on any atom is 0.257 e. The second-order valence-corrected chi connectivity index (χ2v) is 16.7. The van der Waals surface area contributed by atoms with E-state index in [2.05, 4.69) is 74.7 Å². The number of piperidine rings is 2. The lowest BCUT2D eigenvalue weighted by atomic mass is 10.0. The first kappa shape index (κ1) is 42.7. The predicted molar refractivity (Wildman–Crippen MR) is 248 cm³/mol. The number of benzene rings is 6. The highest BCUT2D eigenvalue weighted by Crippen LogP contribution is 2.29. The Morgan fingerprint density at radius 2 is 1.00 bits per heavy atom. The molecule has 2 N–H and O–H groups in total. The molecule has 308 valence electrons. The van der Waals surface area contributed by atoms with E-state index in [-0.39, 0.29) is 17.9 Å². The van der Waals surface area contributed by atoms with Gasteiger partial charge in [-0.2, -0.15) is 0 Å². The Morgan fingerprint density at radius 1 is 0.550 bits per heavy atom. The van der Waals surface area contributed by atoms with Gasteiger partial charge in [-0.3, -0.25) is 9.59 Å². The van der Waals surface area contributed by atoms with Crippen LogP contribution in [-0.2, 0) is 0 Å². The van der Waals surface area contributed by atoms with Crippen molar-refractivity contribution in [3.05, 3.63) is 166 Å². The number of halogens is 2. The van der Waals surface area contributed by atoms with Gasteiger partial charge in [-0.15, -0.1) is 0 Å². The molecule has 8 nitrogen and oxygen atoms in total. The largest absolute Gasteiger partial charge is 0.490 e. The number of carbonyl (C=O) groups excluding carboxylic acids is 2. The first-order valence-corrected chi connectivity index (χ1v) is 21.6. The highest BCUT2D eigenvalue weighted by Gasteiger charge is 2.19. The Kier molecular flexibility index (Phi) is 14.7. The highest BCUT2D eigenvalue weighted by atomic mass is 79.9. The number of carbonyl (C=O) groups is 2. The molecule has 0 unspecified atom stereocenters. The van der Waals surface area contributed by atoms with Gasteiger partial charge in [0.2, 0.25) is 0 Å². The lowest BCUT2D eigenvalue weighted by Gasteiger charge is -2.29. The van der Waals surface area contributed by atoms with Gasteiger partial charge in [-0.05, 0) is 147 Å². The summed E-state index contributed by atoms with van der Waals surface area (Å²) in [5.74, 6) is 1.46. The van der Waals surface area contributed by atoms with E-state index in [1.807, 2.05) is 84.9 Å². The van der Waals surface area contributed by atoms with Crippen molar-refractivity contribution in [3.8, 4) is 33.8 Å². The molecule has 0 spiro atoms. The summed E-state index contributed by atoms with van der Waals surface area (Å²) >= 11 is 9.52. The summed E-state index contributed by atoms with van der Waals surface area (Å²) in [5.41, 5.74) is 6.81. The van der Waals surface area contributed by atoms with Crippen molar-refractivity contribution in [2.75, 3.05) is 50.9 Å². The summed E-state index contributed by atoms with van der Waals surface area (Å²) < 4.78 is 13.2. The molecule has 0 bridgehead atoms. The van der Waals surface area contributed by atoms with E-state index in [1.165, 1.54) is 0 Å². The summed E-state index contributed by atoms with van der Waals surface area (Å²) in [5, 5.41) is 6.34. The molecule has 0 radical (unpaired) electrons. The fourth-order valence-electron chi connectivity index (χ4n) is 7.24. The molecule has 10 heteroatoms. The van der Waals surface area contributed by atoms with Crippen LogP contribution in [0.1, 0.15) is 46.4 Å². The molecule has 2 amide bonds. The van der Waals surface area contributed by atoms with Gasteiger partial charge in [0, 0.05) is 47.6 Å². The first-order valence-electron chi connectivity index (χ1n) is 20.4. The van der Waals surface area contributed by atoms with Gasteiger partial charge in [-0.25, -0.2) is 0 Å². The Balaban J connectivity index is 0.000000181. The van der Waals surface area contributed by atoms with Crippen LogP contribution >= 0.6 is 27.5 Å². The second-order valence-electron chi connectivity index (χ2n) is 15.3. The minimum absolute atomic E-state index is 0.124. The molecule has 2 aliphatic rings. The molecule has 0 saturated carbocycles. The van der Waals surface area contributed by atoms with Crippen molar-refractivity contribution in [2.24, 2.45) is 0 Å². The summed E-state index contributed by atoms with van der Waals surface area (Å²) in [6, 6.07) is 46.4. The minimum atomic E-state index is -0.223. The monoisotopic (exact) mass is 884 g/mol. The van der Waals surface area contributed by atoms with E-state index in [9.17, 15) is 9.59 Å². The topological polar surface area (TPSA) is 83.1 Å². The van der Waals surface area contributed by atoms with Crippen molar-refractivity contribution < 1.29 is 19.1 Å². The molecule has 8 rings (SSSR count). The van der Waals surface area contributed by atoms with Crippen molar-refractivity contribution in [1.29, 1.82) is 0 Å². The maximum atomic E-state index is 12.5. The summed E-state index contributed by atoms with van der Waals surface area (Å²) in [4.78, 5) is 29.7. The third-order valence-electron chi connectivity index (χ3n) is 10.8. The van der Waals surface area contributed by atoms with E-state index in [1.54, 1.807) is 36.4 Å². The molecule has 6 aromatic rings. The van der Waals surface area contributed by atoms with E-state index >= 15 is 0 Å². The van der Waals surface area contributed by atoms with Crippen LogP contribution in [0, 0.1) is 0 Å². The van der Waals surface area contributed by atoms with Crippen molar-refractivity contribution >= 4 is 50.7 Å². The Morgan fingerprint density at radius 3 is 1.47 bits per heavy atom. The Labute approximate surface area is 366 Å². The van der Waals surface area contributed by atoms with Crippen LogP contribution < -0.4 is 20.1 Å². The molecule has 2 fully saturated rings. The van der Waals surface area contributed by atoms with Gasteiger partial charge in [0.25, 0.3) is 11.8 Å². The van der Waals surface area contributed by atoms with Gasteiger partial charge in [-0.1, -0.05) is 88.2 Å². The molecular weight excluding hydrogens is 836 g/mol. The van der Waals surface area contributed by atoms with Crippen LogP contribution in [0.3, 0.4) is 0 Å². The molecule has 0 aliphatic carbocycles. The standard InChI is InChI=1S/C25H25BrN2O2.C25H25ClN2O2/c1-28-15-13-24(14-16-28)30-23-11-7-18(8-12-23)20-3-2-4-22(17-20)27-25(29)19-5-9-21(26)10-6-19;1-28-15-13-22(14-16-28)30-21-11-9-18(10-12-21)19-5-4-6-20(17-19)27-25(29)23-7-2-3-8-24(23)26/h2-12,17,24H,13-16H2,1H3,(H,27,29);2-12,17,22H,13-16H2,1H3,(H,27,29). The van der Waals surface area contributed by atoms with Crippen LogP contribution in [0.5, 0.6) is 11.5 Å². The van der Waals surface area contributed by atoms with Crippen LogP contribution in [0.2, 0.25) is 5.02 Å². The Bertz CT molecular complexity index is 2340. The van der Waals surface area contributed by atoms with Crippen molar-refractivity contribution in [3.63, 3.8) is 0 Å². The molecule has 6 aromatic carbocycles. The van der Waals surface area contributed by atoms with E-state index in [0.717, 1.165) is 101 Å². The molecule has 0 atom stereocenters. The number of likely N-dealkylation sites (tertiary alicyclic amines) is 2. The maximum absolute atomic E-state index is 12.5. The van der Waals surface area contributed by atoms with E-state index < -0.39 is 0 Å². The number of nitrogens with one attached hydrogen (secondary N) is 2. The van der Waals surface area contributed by atoms with Gasteiger partial charge >= 0.3 is 0 Å². The third-order valence-corrected chi connectivity index (χ3v) is 11.6. The average Bonchev–Trinajstić information content (AvgIpc) is 3.26. The van der Waals surface area contributed by atoms with E-state index in [0.29, 0.717) is 22.3 Å². The Hall–Kier alpha value is -5.45. The molecule has 2 saturated heterocycles. The average molecular weight is 886 g/mol. The highest BCUT2D eigenvalue weighted by molar-refractivity contribution is 9.10. The third kappa shape index (κ3) is 12.1. The number of ether oxygens (including phenoxy) is 2. The molecular formula is C50H50BrClN4O4. The van der Waals surface area contributed by atoms with E-state index in [4.69, 9.17) is 21.1 Å².